The Balaban J connectivity index is 1.98. The number of hydrogen-bond donors (Lipinski definition) is 1. The first-order chi connectivity index (χ1) is 9.74. The molecule has 0 saturated carbocycles. The van der Waals surface area contributed by atoms with Gasteiger partial charge in [-0.1, -0.05) is 48.6 Å². The first-order valence-corrected chi connectivity index (χ1v) is 6.52. The largest absolute Gasteiger partial charge is 0.388 e. The van der Waals surface area contributed by atoms with Gasteiger partial charge in [-0.3, -0.25) is 0 Å². The summed E-state index contributed by atoms with van der Waals surface area (Å²) < 4.78 is 1.71. The van der Waals surface area contributed by atoms with Gasteiger partial charge >= 0.3 is 0 Å². The second kappa shape index (κ2) is 5.22. The van der Waals surface area contributed by atoms with Gasteiger partial charge in [0.1, 0.15) is 4.99 Å². The fraction of sp³-hybridized carbons (Fsp3) is 0. The molecule has 0 saturated heterocycles. The summed E-state index contributed by atoms with van der Waals surface area (Å²) in [6.45, 7) is 0. The molecule has 0 amide bonds. The van der Waals surface area contributed by atoms with Gasteiger partial charge in [-0.05, 0) is 17.7 Å². The lowest BCUT2D eigenvalue weighted by atomic mass is 10.1. The van der Waals surface area contributed by atoms with Crippen LogP contribution in [0.5, 0.6) is 0 Å². The Morgan fingerprint density at radius 2 is 1.80 bits per heavy atom. The Labute approximate surface area is 121 Å². The van der Waals surface area contributed by atoms with Crippen LogP contribution in [-0.2, 0) is 0 Å². The molecule has 0 bridgehead atoms. The predicted octanol–water partition coefficient (Wildman–Crippen LogP) is 2.57. The summed E-state index contributed by atoms with van der Waals surface area (Å²) in [4.78, 5) is 4.66. The van der Waals surface area contributed by atoms with E-state index in [0.717, 1.165) is 11.1 Å². The summed E-state index contributed by atoms with van der Waals surface area (Å²) in [5.41, 5.74) is 8.34. The minimum Gasteiger partial charge on any atom is -0.388 e. The molecule has 0 fully saturated rings. The molecule has 98 valence electrons. The zero-order chi connectivity index (χ0) is 13.9. The second-order valence-electron chi connectivity index (χ2n) is 4.28. The van der Waals surface area contributed by atoms with Gasteiger partial charge in [-0.2, -0.15) is 5.10 Å². The highest BCUT2D eigenvalue weighted by molar-refractivity contribution is 7.80. The van der Waals surface area contributed by atoms with E-state index in [4.69, 9.17) is 18.0 Å². The highest BCUT2D eigenvalue weighted by Crippen LogP contribution is 2.19. The summed E-state index contributed by atoms with van der Waals surface area (Å²) >= 11 is 4.94. The quantitative estimate of drug-likeness (QED) is 0.749. The second-order valence-corrected chi connectivity index (χ2v) is 4.72. The highest BCUT2D eigenvalue weighted by Gasteiger charge is 2.05. The lowest BCUT2D eigenvalue weighted by Crippen LogP contribution is -2.12. The van der Waals surface area contributed by atoms with Crippen LogP contribution in [0.15, 0.2) is 60.9 Å². The van der Waals surface area contributed by atoms with E-state index in [1.54, 1.807) is 10.7 Å². The smallest absolute Gasteiger partial charge is 0.154 e. The third-order valence-corrected chi connectivity index (χ3v) is 3.12. The van der Waals surface area contributed by atoms with E-state index in [9.17, 15) is 0 Å². The van der Waals surface area contributed by atoms with Gasteiger partial charge in [0.25, 0.3) is 0 Å². The van der Waals surface area contributed by atoms with Crippen molar-refractivity contribution < 1.29 is 0 Å². The number of pyridine rings is 1. The summed E-state index contributed by atoms with van der Waals surface area (Å²) in [6, 6.07) is 15.6. The van der Waals surface area contributed by atoms with Crippen molar-refractivity contribution in [3.63, 3.8) is 0 Å². The molecule has 3 rings (SSSR count). The van der Waals surface area contributed by atoms with E-state index >= 15 is 0 Å². The Hall–Kier alpha value is -2.53. The van der Waals surface area contributed by atoms with Crippen molar-refractivity contribution in [1.29, 1.82) is 0 Å². The van der Waals surface area contributed by atoms with E-state index in [1.807, 2.05) is 54.9 Å². The minimum absolute atomic E-state index is 0.280. The molecule has 20 heavy (non-hydrogen) atoms. The number of nitrogens with two attached hydrogens (primary N) is 1. The average molecular weight is 280 g/mol. The minimum atomic E-state index is 0.280. The SMILES string of the molecule is NC(=S)c1cccc(-n2cc(-c3ccccc3)cn2)n1. The molecule has 0 radical (unpaired) electrons. The van der Waals surface area contributed by atoms with E-state index in [2.05, 4.69) is 10.1 Å². The number of hydrogen-bond acceptors (Lipinski definition) is 3. The molecule has 1 aromatic carbocycles. The Kier molecular flexibility index (Phi) is 3.26. The van der Waals surface area contributed by atoms with Gasteiger partial charge in [0, 0.05) is 11.8 Å². The summed E-state index contributed by atoms with van der Waals surface area (Å²) in [5.74, 6) is 0.692. The maximum Gasteiger partial charge on any atom is 0.154 e. The van der Waals surface area contributed by atoms with Gasteiger partial charge in [0.15, 0.2) is 5.82 Å². The van der Waals surface area contributed by atoms with Crippen molar-refractivity contribution in [3.8, 4) is 16.9 Å². The molecular formula is C15H12N4S. The van der Waals surface area contributed by atoms with Crippen LogP contribution in [0.1, 0.15) is 5.69 Å². The third kappa shape index (κ3) is 2.44. The van der Waals surface area contributed by atoms with Gasteiger partial charge < -0.3 is 5.73 Å². The molecule has 0 unspecified atom stereocenters. The monoisotopic (exact) mass is 280 g/mol. The van der Waals surface area contributed by atoms with Crippen molar-refractivity contribution in [2.45, 2.75) is 0 Å². The lowest BCUT2D eigenvalue weighted by molar-refractivity contribution is 0.845. The zero-order valence-electron chi connectivity index (χ0n) is 10.6. The van der Waals surface area contributed by atoms with Crippen LogP contribution in [0.3, 0.4) is 0 Å². The van der Waals surface area contributed by atoms with Crippen LogP contribution >= 0.6 is 12.2 Å². The first kappa shape index (κ1) is 12.5. The Morgan fingerprint density at radius 3 is 2.55 bits per heavy atom. The average Bonchev–Trinajstić information content (AvgIpc) is 2.98. The Morgan fingerprint density at radius 1 is 1.00 bits per heavy atom. The topological polar surface area (TPSA) is 56.7 Å². The normalized spacial score (nSPS) is 10.4. The molecule has 0 aliphatic carbocycles. The molecule has 2 N–H and O–H groups in total. The number of rotatable bonds is 3. The fourth-order valence-electron chi connectivity index (χ4n) is 1.92. The van der Waals surface area contributed by atoms with E-state index in [-0.39, 0.29) is 4.99 Å². The third-order valence-electron chi connectivity index (χ3n) is 2.91. The van der Waals surface area contributed by atoms with Crippen molar-refractivity contribution >= 4 is 17.2 Å². The molecular weight excluding hydrogens is 268 g/mol. The molecule has 5 heteroatoms. The van der Waals surface area contributed by atoms with Crippen molar-refractivity contribution in [2.24, 2.45) is 5.73 Å². The van der Waals surface area contributed by atoms with Crippen LogP contribution in [-0.4, -0.2) is 19.8 Å². The maximum atomic E-state index is 5.60. The van der Waals surface area contributed by atoms with Gasteiger partial charge in [0.05, 0.1) is 11.9 Å². The van der Waals surface area contributed by atoms with Gasteiger partial charge in [-0.15, -0.1) is 0 Å². The zero-order valence-corrected chi connectivity index (χ0v) is 11.4. The first-order valence-electron chi connectivity index (χ1n) is 6.11. The van der Waals surface area contributed by atoms with Gasteiger partial charge in [0.2, 0.25) is 0 Å². The molecule has 2 heterocycles. The maximum absolute atomic E-state index is 5.60. The van der Waals surface area contributed by atoms with Gasteiger partial charge in [-0.25, -0.2) is 9.67 Å². The molecule has 2 aromatic heterocycles. The van der Waals surface area contributed by atoms with Crippen molar-refractivity contribution in [2.75, 3.05) is 0 Å². The number of thiocarbonyl (C=S) groups is 1. The Bertz CT molecular complexity index is 749. The van der Waals surface area contributed by atoms with E-state index in [1.165, 1.54) is 0 Å². The van der Waals surface area contributed by atoms with Crippen LogP contribution < -0.4 is 5.73 Å². The van der Waals surface area contributed by atoms with E-state index in [0.29, 0.717) is 11.5 Å². The molecule has 0 aliphatic heterocycles. The molecule has 3 aromatic rings. The highest BCUT2D eigenvalue weighted by atomic mass is 32.1. The molecule has 4 nitrogen and oxygen atoms in total. The van der Waals surface area contributed by atoms with Crippen LogP contribution in [0.2, 0.25) is 0 Å². The van der Waals surface area contributed by atoms with E-state index < -0.39 is 0 Å². The molecule has 0 aliphatic rings. The van der Waals surface area contributed by atoms with Crippen molar-refractivity contribution in [1.82, 2.24) is 14.8 Å². The predicted molar refractivity (Wildman–Crippen MR) is 82.7 cm³/mol. The summed E-state index contributed by atoms with van der Waals surface area (Å²) in [5, 5.41) is 4.33. The lowest BCUT2D eigenvalue weighted by Gasteiger charge is -2.02. The molecule has 0 spiro atoms. The summed E-state index contributed by atoms with van der Waals surface area (Å²) in [7, 11) is 0. The van der Waals surface area contributed by atoms with Crippen molar-refractivity contribution in [3.05, 3.63) is 66.6 Å². The van der Waals surface area contributed by atoms with Crippen LogP contribution in [0, 0.1) is 0 Å². The number of benzene rings is 1. The number of nitrogens with zero attached hydrogens (tertiary/aromatic N) is 3. The molecule has 0 atom stereocenters. The fourth-order valence-corrected chi connectivity index (χ4v) is 2.03. The van der Waals surface area contributed by atoms with Crippen LogP contribution in [0.25, 0.3) is 16.9 Å². The van der Waals surface area contributed by atoms with Crippen LogP contribution in [0.4, 0.5) is 0 Å². The summed E-state index contributed by atoms with van der Waals surface area (Å²) in [6.07, 6.45) is 3.74. The number of aromatic nitrogens is 3. The standard InChI is InChI=1S/C15H12N4S/c16-15(20)13-7-4-8-14(18-13)19-10-12(9-17-19)11-5-2-1-3-6-11/h1-10H,(H2,16,20).